The van der Waals surface area contributed by atoms with E-state index in [2.05, 4.69) is 5.32 Å². The fraction of sp³-hybridized carbons (Fsp3) is 0.188. The lowest BCUT2D eigenvalue weighted by molar-refractivity contribution is 0.0950. The molecule has 0 aromatic heterocycles. The number of carbonyl (C=O) groups is 1. The van der Waals surface area contributed by atoms with Crippen molar-refractivity contribution >= 4 is 5.91 Å². The lowest BCUT2D eigenvalue weighted by Gasteiger charge is -2.06. The standard InChI is InChI=1S/C16H16FNO/c1-12-7-8-14(15(17)11-12)16(19)18-10-9-13-5-3-2-4-6-13/h2-8,11H,9-10H2,1H3,(H,18,19). The summed E-state index contributed by atoms with van der Waals surface area (Å²) in [5.41, 5.74) is 2.05. The highest BCUT2D eigenvalue weighted by Crippen LogP contribution is 2.09. The number of halogens is 1. The molecule has 98 valence electrons. The van der Waals surface area contributed by atoms with Crippen LogP contribution in [0.2, 0.25) is 0 Å². The average molecular weight is 257 g/mol. The Bertz CT molecular complexity index is 566. The quantitative estimate of drug-likeness (QED) is 0.896. The van der Waals surface area contributed by atoms with Crippen LogP contribution in [0.3, 0.4) is 0 Å². The normalized spacial score (nSPS) is 10.2. The SMILES string of the molecule is Cc1ccc(C(=O)NCCc2ccccc2)c(F)c1. The van der Waals surface area contributed by atoms with Crippen molar-refractivity contribution in [2.45, 2.75) is 13.3 Å². The van der Waals surface area contributed by atoms with E-state index in [9.17, 15) is 9.18 Å². The highest BCUT2D eigenvalue weighted by molar-refractivity contribution is 5.94. The fourth-order valence-corrected chi connectivity index (χ4v) is 1.86. The number of nitrogens with one attached hydrogen (secondary N) is 1. The first kappa shape index (κ1) is 13.3. The molecule has 2 nitrogen and oxygen atoms in total. The Morgan fingerprint density at radius 2 is 1.89 bits per heavy atom. The molecule has 0 aliphatic heterocycles. The van der Waals surface area contributed by atoms with Crippen LogP contribution >= 0.6 is 0 Å². The minimum absolute atomic E-state index is 0.0960. The van der Waals surface area contributed by atoms with E-state index in [1.807, 2.05) is 30.3 Å². The molecular weight excluding hydrogens is 241 g/mol. The Labute approximate surface area is 112 Å². The van der Waals surface area contributed by atoms with Crippen LogP contribution in [0.25, 0.3) is 0 Å². The maximum atomic E-state index is 13.6. The lowest BCUT2D eigenvalue weighted by Crippen LogP contribution is -2.26. The molecule has 0 heterocycles. The molecule has 0 aliphatic carbocycles. The zero-order valence-electron chi connectivity index (χ0n) is 10.8. The first-order valence-electron chi connectivity index (χ1n) is 6.25. The summed E-state index contributed by atoms with van der Waals surface area (Å²) in [4.78, 5) is 11.8. The molecule has 0 unspecified atom stereocenters. The number of rotatable bonds is 4. The van der Waals surface area contributed by atoms with Crippen molar-refractivity contribution in [2.24, 2.45) is 0 Å². The van der Waals surface area contributed by atoms with Gasteiger partial charge in [0.1, 0.15) is 5.82 Å². The predicted molar refractivity (Wildman–Crippen MR) is 73.6 cm³/mol. The summed E-state index contributed by atoms with van der Waals surface area (Å²) >= 11 is 0. The largest absolute Gasteiger partial charge is 0.352 e. The molecule has 0 saturated carbocycles. The van der Waals surface area contributed by atoms with Crippen LogP contribution in [0.15, 0.2) is 48.5 Å². The van der Waals surface area contributed by atoms with Gasteiger partial charge in [-0.1, -0.05) is 36.4 Å². The van der Waals surface area contributed by atoms with Crippen molar-refractivity contribution in [2.75, 3.05) is 6.54 Å². The third-order valence-electron chi connectivity index (χ3n) is 2.91. The van der Waals surface area contributed by atoms with Crippen molar-refractivity contribution in [3.8, 4) is 0 Å². The fourth-order valence-electron chi connectivity index (χ4n) is 1.86. The first-order valence-corrected chi connectivity index (χ1v) is 6.25. The molecule has 0 saturated heterocycles. The van der Waals surface area contributed by atoms with Crippen LogP contribution in [0.5, 0.6) is 0 Å². The Morgan fingerprint density at radius 1 is 1.16 bits per heavy atom. The van der Waals surface area contributed by atoms with E-state index >= 15 is 0 Å². The van der Waals surface area contributed by atoms with Crippen molar-refractivity contribution in [3.63, 3.8) is 0 Å². The van der Waals surface area contributed by atoms with E-state index in [4.69, 9.17) is 0 Å². The Morgan fingerprint density at radius 3 is 2.58 bits per heavy atom. The highest BCUT2D eigenvalue weighted by Gasteiger charge is 2.10. The first-order chi connectivity index (χ1) is 9.16. The van der Waals surface area contributed by atoms with Gasteiger partial charge < -0.3 is 5.32 Å². The third-order valence-corrected chi connectivity index (χ3v) is 2.91. The van der Waals surface area contributed by atoms with E-state index in [-0.39, 0.29) is 11.5 Å². The molecule has 2 aromatic carbocycles. The second kappa shape index (κ2) is 6.14. The van der Waals surface area contributed by atoms with Crippen LogP contribution in [0.1, 0.15) is 21.5 Å². The van der Waals surface area contributed by atoms with E-state index in [0.717, 1.165) is 17.5 Å². The van der Waals surface area contributed by atoms with Gasteiger partial charge in [-0.25, -0.2) is 4.39 Å². The van der Waals surface area contributed by atoms with Crippen LogP contribution < -0.4 is 5.32 Å². The third kappa shape index (κ3) is 3.65. The molecule has 0 radical (unpaired) electrons. The molecule has 19 heavy (non-hydrogen) atoms. The summed E-state index contributed by atoms with van der Waals surface area (Å²) in [5.74, 6) is -0.842. The maximum Gasteiger partial charge on any atom is 0.254 e. The van der Waals surface area contributed by atoms with Gasteiger partial charge in [0.15, 0.2) is 0 Å². The number of aryl methyl sites for hydroxylation is 1. The topological polar surface area (TPSA) is 29.1 Å². The molecule has 0 bridgehead atoms. The zero-order valence-corrected chi connectivity index (χ0v) is 10.8. The van der Waals surface area contributed by atoms with Crippen LogP contribution in [0.4, 0.5) is 4.39 Å². The zero-order chi connectivity index (χ0) is 13.7. The number of benzene rings is 2. The van der Waals surface area contributed by atoms with Gasteiger partial charge in [0, 0.05) is 6.54 Å². The highest BCUT2D eigenvalue weighted by atomic mass is 19.1. The number of amides is 1. The molecule has 0 spiro atoms. The summed E-state index contributed by atoms with van der Waals surface area (Å²) in [6, 6.07) is 14.5. The van der Waals surface area contributed by atoms with E-state index < -0.39 is 5.82 Å². The van der Waals surface area contributed by atoms with Crippen LogP contribution in [-0.4, -0.2) is 12.5 Å². The number of carbonyl (C=O) groups excluding carboxylic acids is 1. The van der Waals surface area contributed by atoms with Crippen molar-refractivity contribution in [1.82, 2.24) is 5.32 Å². The van der Waals surface area contributed by atoms with Crippen molar-refractivity contribution in [3.05, 3.63) is 71.0 Å². The predicted octanol–water partition coefficient (Wildman–Crippen LogP) is 3.11. The second-order valence-corrected chi connectivity index (χ2v) is 4.47. The molecule has 2 rings (SSSR count). The lowest BCUT2D eigenvalue weighted by atomic mass is 10.1. The monoisotopic (exact) mass is 257 g/mol. The molecule has 2 aromatic rings. The van der Waals surface area contributed by atoms with Gasteiger partial charge in [0.2, 0.25) is 0 Å². The smallest absolute Gasteiger partial charge is 0.254 e. The molecule has 1 amide bonds. The molecule has 1 N–H and O–H groups in total. The molecule has 3 heteroatoms. The molecular formula is C16H16FNO. The minimum atomic E-state index is -0.475. The van der Waals surface area contributed by atoms with Gasteiger partial charge >= 0.3 is 0 Å². The molecule has 0 aliphatic rings. The van der Waals surface area contributed by atoms with Gasteiger partial charge in [0.05, 0.1) is 5.56 Å². The number of hydrogen-bond acceptors (Lipinski definition) is 1. The van der Waals surface area contributed by atoms with Gasteiger partial charge in [-0.15, -0.1) is 0 Å². The van der Waals surface area contributed by atoms with Crippen LogP contribution in [-0.2, 0) is 6.42 Å². The van der Waals surface area contributed by atoms with E-state index in [1.54, 1.807) is 13.0 Å². The minimum Gasteiger partial charge on any atom is -0.352 e. The average Bonchev–Trinajstić information content (AvgIpc) is 2.39. The summed E-state index contributed by atoms with van der Waals surface area (Å²) in [5, 5.41) is 2.73. The Kier molecular flexibility index (Phi) is 4.29. The van der Waals surface area contributed by atoms with Gasteiger partial charge in [-0.2, -0.15) is 0 Å². The Hall–Kier alpha value is -2.16. The summed E-state index contributed by atoms with van der Waals surface area (Å²) < 4.78 is 13.6. The van der Waals surface area contributed by atoms with E-state index in [0.29, 0.717) is 6.54 Å². The van der Waals surface area contributed by atoms with E-state index in [1.165, 1.54) is 12.1 Å². The summed E-state index contributed by atoms with van der Waals surface area (Å²) in [6.07, 6.45) is 0.736. The summed E-state index contributed by atoms with van der Waals surface area (Å²) in [6.45, 7) is 2.29. The van der Waals surface area contributed by atoms with Gasteiger partial charge in [-0.3, -0.25) is 4.79 Å². The second-order valence-electron chi connectivity index (χ2n) is 4.47. The Balaban J connectivity index is 1.91. The van der Waals surface area contributed by atoms with Crippen molar-refractivity contribution < 1.29 is 9.18 Å². The molecule has 0 fully saturated rings. The number of hydrogen-bond donors (Lipinski definition) is 1. The van der Waals surface area contributed by atoms with Crippen molar-refractivity contribution in [1.29, 1.82) is 0 Å². The van der Waals surface area contributed by atoms with Gasteiger partial charge in [0.25, 0.3) is 5.91 Å². The summed E-state index contributed by atoms with van der Waals surface area (Å²) in [7, 11) is 0. The molecule has 0 atom stereocenters. The maximum absolute atomic E-state index is 13.6. The van der Waals surface area contributed by atoms with Gasteiger partial charge in [-0.05, 0) is 36.6 Å². The van der Waals surface area contributed by atoms with Crippen LogP contribution in [0, 0.1) is 12.7 Å².